The second kappa shape index (κ2) is 6.57. The van der Waals surface area contributed by atoms with E-state index in [1.165, 1.54) is 0 Å². The summed E-state index contributed by atoms with van der Waals surface area (Å²) < 4.78 is 15.6. The highest BCUT2D eigenvalue weighted by Gasteiger charge is 2.21. The zero-order valence-electron chi connectivity index (χ0n) is 12.3. The Morgan fingerprint density at radius 1 is 1.41 bits per heavy atom. The minimum absolute atomic E-state index is 0.0527. The summed E-state index contributed by atoms with van der Waals surface area (Å²) in [7, 11) is 0. The highest BCUT2D eigenvalue weighted by molar-refractivity contribution is 5.94. The van der Waals surface area contributed by atoms with Gasteiger partial charge in [0.25, 0.3) is 0 Å². The molecule has 0 unspecified atom stereocenters. The fourth-order valence-corrected chi connectivity index (χ4v) is 2.28. The molecular weight excluding hydrogens is 286 g/mol. The predicted octanol–water partition coefficient (Wildman–Crippen LogP) is 1.57. The van der Waals surface area contributed by atoms with Crippen LogP contribution in [0.4, 0.5) is 5.82 Å². The lowest BCUT2D eigenvalue weighted by molar-refractivity contribution is 0.0437. The number of esters is 1. The number of anilines is 1. The molecule has 2 aromatic rings. The quantitative estimate of drug-likeness (QED) is 0.793. The number of pyridine rings is 1. The number of aryl methyl sites for hydroxylation is 1. The second-order valence-corrected chi connectivity index (χ2v) is 4.98. The van der Waals surface area contributed by atoms with Crippen molar-refractivity contribution in [2.24, 2.45) is 0 Å². The lowest BCUT2D eigenvalue weighted by Crippen LogP contribution is -2.37. The van der Waals surface area contributed by atoms with Crippen molar-refractivity contribution in [2.45, 2.75) is 13.5 Å². The minimum Gasteiger partial charge on any atom is -0.454 e. The van der Waals surface area contributed by atoms with Crippen molar-refractivity contribution in [1.82, 2.24) is 10.1 Å². The Morgan fingerprint density at radius 2 is 2.23 bits per heavy atom. The Hall–Kier alpha value is -2.41. The molecule has 116 valence electrons. The molecule has 0 spiro atoms. The molecule has 3 heterocycles. The van der Waals surface area contributed by atoms with Gasteiger partial charge in [-0.1, -0.05) is 5.16 Å². The normalized spacial score (nSPS) is 14.9. The second-order valence-electron chi connectivity index (χ2n) is 4.98. The van der Waals surface area contributed by atoms with E-state index in [1.807, 2.05) is 11.8 Å². The number of aromatic nitrogens is 2. The molecule has 0 N–H and O–H groups in total. The fraction of sp³-hybridized carbons (Fsp3) is 0.400. The van der Waals surface area contributed by atoms with Crippen molar-refractivity contribution >= 4 is 11.8 Å². The van der Waals surface area contributed by atoms with Crippen LogP contribution < -0.4 is 4.90 Å². The van der Waals surface area contributed by atoms with Gasteiger partial charge in [0.2, 0.25) is 0 Å². The molecule has 0 aliphatic carbocycles. The molecule has 1 aliphatic heterocycles. The molecule has 1 fully saturated rings. The number of carbonyl (C=O) groups excluding carboxylic acids is 1. The molecule has 0 bridgehead atoms. The van der Waals surface area contributed by atoms with Gasteiger partial charge in [0.1, 0.15) is 11.4 Å². The first-order valence-corrected chi connectivity index (χ1v) is 7.11. The molecule has 0 saturated carbocycles. The van der Waals surface area contributed by atoms with E-state index in [1.54, 1.807) is 24.4 Å². The van der Waals surface area contributed by atoms with Crippen LogP contribution in [-0.2, 0) is 16.1 Å². The van der Waals surface area contributed by atoms with Crippen molar-refractivity contribution in [3.8, 4) is 0 Å². The van der Waals surface area contributed by atoms with Crippen molar-refractivity contribution in [3.63, 3.8) is 0 Å². The van der Waals surface area contributed by atoms with Crippen LogP contribution in [0.2, 0.25) is 0 Å². The summed E-state index contributed by atoms with van der Waals surface area (Å²) in [6.45, 7) is 4.53. The largest absolute Gasteiger partial charge is 0.454 e. The van der Waals surface area contributed by atoms with Crippen LogP contribution in [0.15, 0.2) is 28.9 Å². The van der Waals surface area contributed by atoms with Gasteiger partial charge in [0.15, 0.2) is 12.4 Å². The first-order chi connectivity index (χ1) is 10.7. The van der Waals surface area contributed by atoms with E-state index in [9.17, 15) is 4.79 Å². The lowest BCUT2D eigenvalue weighted by Gasteiger charge is -2.28. The summed E-state index contributed by atoms with van der Waals surface area (Å²) in [6, 6.07) is 5.17. The van der Waals surface area contributed by atoms with Crippen LogP contribution in [0.25, 0.3) is 0 Å². The fourth-order valence-electron chi connectivity index (χ4n) is 2.28. The Bertz CT molecular complexity index is 650. The van der Waals surface area contributed by atoms with Crippen LogP contribution in [0.5, 0.6) is 0 Å². The predicted molar refractivity (Wildman–Crippen MR) is 77.6 cm³/mol. The van der Waals surface area contributed by atoms with Crippen LogP contribution in [-0.4, -0.2) is 42.4 Å². The average molecular weight is 303 g/mol. The third-order valence-corrected chi connectivity index (χ3v) is 3.34. The molecule has 22 heavy (non-hydrogen) atoms. The van der Waals surface area contributed by atoms with Crippen LogP contribution in [0.1, 0.15) is 21.8 Å². The summed E-state index contributed by atoms with van der Waals surface area (Å²) in [4.78, 5) is 18.6. The number of morpholine rings is 1. The molecule has 2 aromatic heterocycles. The zero-order chi connectivity index (χ0) is 15.4. The molecule has 1 saturated heterocycles. The Balaban J connectivity index is 1.71. The lowest BCUT2D eigenvalue weighted by atomic mass is 10.2. The van der Waals surface area contributed by atoms with E-state index in [0.717, 1.165) is 5.69 Å². The summed E-state index contributed by atoms with van der Waals surface area (Å²) in [5.74, 6) is 0.718. The maximum absolute atomic E-state index is 12.3. The monoisotopic (exact) mass is 303 g/mol. The van der Waals surface area contributed by atoms with Gasteiger partial charge in [-0.15, -0.1) is 0 Å². The number of rotatable bonds is 4. The topological polar surface area (TPSA) is 77.7 Å². The first-order valence-electron chi connectivity index (χ1n) is 7.11. The molecule has 7 heteroatoms. The van der Waals surface area contributed by atoms with E-state index in [2.05, 4.69) is 10.1 Å². The highest BCUT2D eigenvalue weighted by atomic mass is 16.5. The molecular formula is C15H17N3O4. The van der Waals surface area contributed by atoms with Gasteiger partial charge < -0.3 is 18.9 Å². The third kappa shape index (κ3) is 3.25. The van der Waals surface area contributed by atoms with Crippen LogP contribution in [0, 0.1) is 6.92 Å². The number of carbonyl (C=O) groups is 1. The number of hydrogen-bond donors (Lipinski definition) is 0. The maximum atomic E-state index is 12.3. The Morgan fingerprint density at radius 3 is 2.95 bits per heavy atom. The van der Waals surface area contributed by atoms with Crippen molar-refractivity contribution in [3.05, 3.63) is 41.4 Å². The van der Waals surface area contributed by atoms with Gasteiger partial charge in [-0.05, 0) is 19.1 Å². The highest BCUT2D eigenvalue weighted by Crippen LogP contribution is 2.20. The molecule has 7 nitrogen and oxygen atoms in total. The van der Waals surface area contributed by atoms with Crippen LogP contribution >= 0.6 is 0 Å². The van der Waals surface area contributed by atoms with Gasteiger partial charge in [0, 0.05) is 25.4 Å². The minimum atomic E-state index is -0.427. The zero-order valence-corrected chi connectivity index (χ0v) is 12.3. The van der Waals surface area contributed by atoms with Crippen molar-refractivity contribution in [1.29, 1.82) is 0 Å². The molecule has 0 atom stereocenters. The molecule has 1 aliphatic rings. The molecule has 0 radical (unpaired) electrons. The van der Waals surface area contributed by atoms with E-state index in [0.29, 0.717) is 43.4 Å². The van der Waals surface area contributed by atoms with E-state index in [4.69, 9.17) is 14.0 Å². The maximum Gasteiger partial charge on any atom is 0.342 e. The summed E-state index contributed by atoms with van der Waals surface area (Å²) in [5, 5.41) is 3.76. The smallest absolute Gasteiger partial charge is 0.342 e. The first kappa shape index (κ1) is 14.5. The summed E-state index contributed by atoms with van der Waals surface area (Å²) >= 11 is 0. The van der Waals surface area contributed by atoms with Crippen molar-refractivity contribution < 1.29 is 18.8 Å². The van der Waals surface area contributed by atoms with E-state index < -0.39 is 5.97 Å². The van der Waals surface area contributed by atoms with Gasteiger partial charge in [-0.25, -0.2) is 9.78 Å². The van der Waals surface area contributed by atoms with Gasteiger partial charge in [-0.2, -0.15) is 0 Å². The average Bonchev–Trinajstić information content (AvgIpc) is 2.99. The number of hydrogen-bond acceptors (Lipinski definition) is 7. The van der Waals surface area contributed by atoms with Gasteiger partial charge in [-0.3, -0.25) is 0 Å². The van der Waals surface area contributed by atoms with Gasteiger partial charge in [0.05, 0.1) is 18.9 Å². The van der Waals surface area contributed by atoms with E-state index >= 15 is 0 Å². The van der Waals surface area contributed by atoms with Crippen LogP contribution in [0.3, 0.4) is 0 Å². The third-order valence-electron chi connectivity index (χ3n) is 3.34. The van der Waals surface area contributed by atoms with Crippen molar-refractivity contribution in [2.75, 3.05) is 31.2 Å². The SMILES string of the molecule is Cc1cc(COC(=O)c2cccnc2N2CCOCC2)on1. The van der Waals surface area contributed by atoms with Gasteiger partial charge >= 0.3 is 5.97 Å². The molecule has 3 rings (SSSR count). The summed E-state index contributed by atoms with van der Waals surface area (Å²) in [5.41, 5.74) is 1.20. The standard InChI is InChI=1S/C15H17N3O4/c1-11-9-12(22-17-11)10-21-15(19)13-3-2-4-16-14(13)18-5-7-20-8-6-18/h2-4,9H,5-8,10H2,1H3. The van der Waals surface area contributed by atoms with E-state index in [-0.39, 0.29) is 6.61 Å². The number of ether oxygens (including phenoxy) is 2. The molecule has 0 aromatic carbocycles. The summed E-state index contributed by atoms with van der Waals surface area (Å²) in [6.07, 6.45) is 1.67. The Kier molecular flexibility index (Phi) is 4.34. The Labute approximate surface area is 127 Å². The number of nitrogens with zero attached hydrogens (tertiary/aromatic N) is 3. The molecule has 0 amide bonds.